The number of hydrogen-bond donors (Lipinski definition) is 1. The molecule has 1 aliphatic carbocycles. The van der Waals surface area contributed by atoms with Gasteiger partial charge in [-0.2, -0.15) is 0 Å². The van der Waals surface area contributed by atoms with Crippen LogP contribution in [-0.4, -0.2) is 13.2 Å². The average Bonchev–Trinajstić information content (AvgIpc) is 2.45. The maximum atomic E-state index is 5.86. The van der Waals surface area contributed by atoms with Crippen molar-refractivity contribution < 1.29 is 4.74 Å². The summed E-state index contributed by atoms with van der Waals surface area (Å²) in [5.74, 6) is 1.49. The Morgan fingerprint density at radius 3 is 2.58 bits per heavy atom. The maximum absolute atomic E-state index is 5.86. The SMILES string of the molecule is CC(C)c1ccc(OCC2=C(CN)C=CCC2)cc1. The maximum Gasteiger partial charge on any atom is 0.119 e. The fraction of sp³-hybridized carbons (Fsp3) is 0.412. The number of nitrogens with two attached hydrogens (primary N) is 1. The van der Waals surface area contributed by atoms with Crippen molar-refractivity contribution in [2.45, 2.75) is 32.6 Å². The van der Waals surface area contributed by atoms with Crippen LogP contribution < -0.4 is 10.5 Å². The second-order valence-electron chi connectivity index (χ2n) is 5.29. The van der Waals surface area contributed by atoms with Crippen LogP contribution in [0.2, 0.25) is 0 Å². The minimum atomic E-state index is 0.559. The Labute approximate surface area is 116 Å². The van der Waals surface area contributed by atoms with Crippen LogP contribution in [0.4, 0.5) is 0 Å². The highest BCUT2D eigenvalue weighted by Crippen LogP contribution is 2.22. The molecule has 0 atom stereocenters. The molecule has 0 saturated carbocycles. The summed E-state index contributed by atoms with van der Waals surface area (Å²) in [6, 6.07) is 8.38. The third-order valence-electron chi connectivity index (χ3n) is 3.57. The average molecular weight is 257 g/mol. The summed E-state index contributed by atoms with van der Waals surface area (Å²) in [7, 11) is 0. The highest BCUT2D eigenvalue weighted by molar-refractivity contribution is 5.33. The van der Waals surface area contributed by atoms with Gasteiger partial charge in [-0.3, -0.25) is 0 Å². The molecule has 102 valence electrons. The Kier molecular flexibility index (Phi) is 4.80. The van der Waals surface area contributed by atoms with Crippen molar-refractivity contribution in [3.63, 3.8) is 0 Å². The second-order valence-corrected chi connectivity index (χ2v) is 5.29. The molecule has 0 saturated heterocycles. The van der Waals surface area contributed by atoms with Gasteiger partial charge in [-0.15, -0.1) is 0 Å². The summed E-state index contributed by atoms with van der Waals surface area (Å²) in [5.41, 5.74) is 9.65. The minimum absolute atomic E-state index is 0.559. The van der Waals surface area contributed by atoms with E-state index < -0.39 is 0 Å². The molecule has 0 bridgehead atoms. The number of benzene rings is 1. The zero-order chi connectivity index (χ0) is 13.7. The summed E-state index contributed by atoms with van der Waals surface area (Å²) in [5, 5.41) is 0. The van der Waals surface area contributed by atoms with E-state index in [0.717, 1.165) is 18.6 Å². The smallest absolute Gasteiger partial charge is 0.119 e. The van der Waals surface area contributed by atoms with Crippen LogP contribution >= 0.6 is 0 Å². The van der Waals surface area contributed by atoms with Crippen molar-refractivity contribution in [2.24, 2.45) is 5.73 Å². The summed E-state index contributed by atoms with van der Waals surface area (Å²) in [6.07, 6.45) is 6.47. The molecule has 19 heavy (non-hydrogen) atoms. The first-order valence-corrected chi connectivity index (χ1v) is 7.01. The minimum Gasteiger partial charge on any atom is -0.489 e. The van der Waals surface area contributed by atoms with Crippen molar-refractivity contribution in [1.82, 2.24) is 0 Å². The van der Waals surface area contributed by atoms with Gasteiger partial charge in [0.25, 0.3) is 0 Å². The molecule has 0 heterocycles. The lowest BCUT2D eigenvalue weighted by Crippen LogP contribution is -2.12. The van der Waals surface area contributed by atoms with E-state index in [1.165, 1.54) is 16.7 Å². The van der Waals surface area contributed by atoms with E-state index in [9.17, 15) is 0 Å². The van der Waals surface area contributed by atoms with Crippen LogP contribution in [0.3, 0.4) is 0 Å². The lowest BCUT2D eigenvalue weighted by Gasteiger charge is -2.16. The van der Waals surface area contributed by atoms with Crippen LogP contribution in [0, 0.1) is 0 Å². The zero-order valence-corrected chi connectivity index (χ0v) is 11.9. The molecule has 0 aromatic heterocycles. The van der Waals surface area contributed by atoms with Gasteiger partial charge < -0.3 is 10.5 Å². The van der Waals surface area contributed by atoms with Gasteiger partial charge in [0.15, 0.2) is 0 Å². The van der Waals surface area contributed by atoms with E-state index >= 15 is 0 Å². The third-order valence-corrected chi connectivity index (χ3v) is 3.57. The second kappa shape index (κ2) is 6.58. The highest BCUT2D eigenvalue weighted by atomic mass is 16.5. The molecule has 0 unspecified atom stereocenters. The molecule has 0 aliphatic heterocycles. The Morgan fingerprint density at radius 2 is 1.95 bits per heavy atom. The van der Waals surface area contributed by atoms with E-state index in [1.807, 2.05) is 0 Å². The Balaban J connectivity index is 1.98. The topological polar surface area (TPSA) is 35.2 Å². The third kappa shape index (κ3) is 3.71. The van der Waals surface area contributed by atoms with Crippen LogP contribution in [-0.2, 0) is 0 Å². The van der Waals surface area contributed by atoms with Crippen LogP contribution in [0.15, 0.2) is 47.6 Å². The van der Waals surface area contributed by atoms with Crippen molar-refractivity contribution in [3.8, 4) is 5.75 Å². The molecule has 2 heteroatoms. The lowest BCUT2D eigenvalue weighted by molar-refractivity contribution is 0.345. The van der Waals surface area contributed by atoms with Crippen molar-refractivity contribution in [3.05, 3.63) is 53.1 Å². The largest absolute Gasteiger partial charge is 0.489 e. The predicted molar refractivity (Wildman–Crippen MR) is 80.5 cm³/mol. The number of allylic oxidation sites excluding steroid dienone is 1. The highest BCUT2D eigenvalue weighted by Gasteiger charge is 2.08. The van der Waals surface area contributed by atoms with E-state index in [2.05, 4.69) is 50.3 Å². The van der Waals surface area contributed by atoms with Gasteiger partial charge in [-0.05, 0) is 47.6 Å². The van der Waals surface area contributed by atoms with Gasteiger partial charge in [0, 0.05) is 6.54 Å². The Bertz CT molecular complexity index is 469. The number of rotatable bonds is 5. The summed E-state index contributed by atoms with van der Waals surface area (Å²) in [4.78, 5) is 0. The van der Waals surface area contributed by atoms with Crippen molar-refractivity contribution >= 4 is 0 Å². The fourth-order valence-electron chi connectivity index (χ4n) is 2.26. The van der Waals surface area contributed by atoms with Crippen LogP contribution in [0.5, 0.6) is 5.75 Å². The summed E-state index contributed by atoms with van der Waals surface area (Å²) >= 11 is 0. The quantitative estimate of drug-likeness (QED) is 0.871. The molecular formula is C17H23NO. The molecule has 2 N–H and O–H groups in total. The molecule has 2 nitrogen and oxygen atoms in total. The molecule has 2 rings (SSSR count). The Hall–Kier alpha value is -1.54. The Morgan fingerprint density at radius 1 is 1.21 bits per heavy atom. The van der Waals surface area contributed by atoms with Gasteiger partial charge in [0.2, 0.25) is 0 Å². The molecule has 0 spiro atoms. The first kappa shape index (κ1) is 13.9. The molecule has 0 amide bonds. The normalized spacial score (nSPS) is 15.2. The summed E-state index contributed by atoms with van der Waals surface area (Å²) < 4.78 is 5.86. The van der Waals surface area contributed by atoms with E-state index in [1.54, 1.807) is 0 Å². The first-order valence-electron chi connectivity index (χ1n) is 7.01. The van der Waals surface area contributed by atoms with E-state index in [0.29, 0.717) is 19.1 Å². The molecule has 1 aliphatic rings. The molecule has 0 fully saturated rings. The molecular weight excluding hydrogens is 234 g/mol. The van der Waals surface area contributed by atoms with Gasteiger partial charge in [-0.25, -0.2) is 0 Å². The number of hydrogen-bond acceptors (Lipinski definition) is 2. The van der Waals surface area contributed by atoms with Gasteiger partial charge in [0.05, 0.1) is 0 Å². The van der Waals surface area contributed by atoms with Crippen molar-refractivity contribution in [2.75, 3.05) is 13.2 Å². The number of ether oxygens (including phenoxy) is 1. The van der Waals surface area contributed by atoms with Crippen LogP contribution in [0.25, 0.3) is 0 Å². The zero-order valence-electron chi connectivity index (χ0n) is 11.9. The van der Waals surface area contributed by atoms with E-state index in [4.69, 9.17) is 10.5 Å². The van der Waals surface area contributed by atoms with Crippen molar-refractivity contribution in [1.29, 1.82) is 0 Å². The van der Waals surface area contributed by atoms with E-state index in [-0.39, 0.29) is 0 Å². The standard InChI is InChI=1S/C17H23NO/c1-13(2)14-7-9-17(10-8-14)19-12-16-6-4-3-5-15(16)11-18/h3,5,7-10,13H,4,6,11-12,18H2,1-2H3. The van der Waals surface area contributed by atoms with Gasteiger partial charge in [0.1, 0.15) is 12.4 Å². The van der Waals surface area contributed by atoms with Gasteiger partial charge in [-0.1, -0.05) is 38.1 Å². The fourth-order valence-corrected chi connectivity index (χ4v) is 2.26. The predicted octanol–water partition coefficient (Wildman–Crippen LogP) is 3.79. The summed E-state index contributed by atoms with van der Waals surface area (Å²) in [6.45, 7) is 5.64. The monoisotopic (exact) mass is 257 g/mol. The molecule has 1 aromatic carbocycles. The van der Waals surface area contributed by atoms with Crippen LogP contribution in [0.1, 0.15) is 38.2 Å². The molecule has 1 aromatic rings. The lowest BCUT2D eigenvalue weighted by atomic mass is 9.98. The van der Waals surface area contributed by atoms with Gasteiger partial charge >= 0.3 is 0 Å². The first-order chi connectivity index (χ1) is 9.20. The molecule has 0 radical (unpaired) electrons.